The molecule has 0 heterocycles. The Kier molecular flexibility index (Phi) is 2.85. The maximum atomic E-state index is 6.32. The summed E-state index contributed by atoms with van der Waals surface area (Å²) in [5.74, 6) is 3.17. The molecule has 96 valence electrons. The monoisotopic (exact) mass is 233 g/mol. The molecule has 4 bridgehead atoms. The smallest absolute Gasteiger partial charge is 0.0231 e. The first-order valence-corrected chi connectivity index (χ1v) is 7.45. The summed E-state index contributed by atoms with van der Waals surface area (Å²) in [7, 11) is 0. The molecule has 1 unspecified atom stereocenters. The van der Waals surface area contributed by atoms with E-state index in [0.717, 1.165) is 17.8 Å². The van der Waals surface area contributed by atoms with Gasteiger partial charge in [-0.3, -0.25) is 0 Å². The predicted molar refractivity (Wildman–Crippen MR) is 72.6 cm³/mol. The van der Waals surface area contributed by atoms with Crippen LogP contribution < -0.4 is 5.73 Å². The molecule has 0 aromatic rings. The van der Waals surface area contributed by atoms with E-state index in [0.29, 0.717) is 11.5 Å². The molecular weight excluding hydrogens is 206 g/mol. The van der Waals surface area contributed by atoms with Gasteiger partial charge in [-0.05, 0) is 82.0 Å². The van der Waals surface area contributed by atoms with Crippen molar-refractivity contribution in [3.63, 3.8) is 0 Å². The minimum absolute atomic E-state index is 0.302. The second-order valence-corrected chi connectivity index (χ2v) is 7.53. The van der Waals surface area contributed by atoms with Crippen LogP contribution in [0, 0.1) is 23.2 Å². The molecule has 1 heteroatoms. The van der Waals surface area contributed by atoms with Crippen molar-refractivity contribution in [2.45, 2.75) is 64.8 Å². The third-order valence-corrected chi connectivity index (χ3v) is 5.38. The van der Waals surface area contributed by atoms with Crippen molar-refractivity contribution < 1.29 is 0 Å². The molecule has 17 heavy (non-hydrogen) atoms. The van der Waals surface area contributed by atoms with Crippen LogP contribution in [0.1, 0.15) is 58.8 Å². The van der Waals surface area contributed by atoms with Gasteiger partial charge in [-0.15, -0.1) is 0 Å². The first-order chi connectivity index (χ1) is 8.05. The topological polar surface area (TPSA) is 26.0 Å². The summed E-state index contributed by atoms with van der Waals surface area (Å²) < 4.78 is 0. The van der Waals surface area contributed by atoms with Crippen LogP contribution >= 0.6 is 0 Å². The van der Waals surface area contributed by atoms with E-state index in [9.17, 15) is 0 Å². The van der Waals surface area contributed by atoms with Crippen molar-refractivity contribution in [3.05, 3.63) is 11.6 Å². The highest BCUT2D eigenvalue weighted by molar-refractivity contribution is 5.07. The Hall–Kier alpha value is -0.300. The average Bonchev–Trinajstić information content (AvgIpc) is 2.11. The summed E-state index contributed by atoms with van der Waals surface area (Å²) in [6.07, 6.45) is 12.6. The molecule has 0 amide bonds. The fourth-order valence-electron chi connectivity index (χ4n) is 5.53. The molecule has 4 aliphatic rings. The first-order valence-electron chi connectivity index (χ1n) is 7.45. The van der Waals surface area contributed by atoms with E-state index in [4.69, 9.17) is 5.73 Å². The Bertz CT molecular complexity index is 289. The van der Waals surface area contributed by atoms with Crippen LogP contribution in [-0.4, -0.2) is 6.04 Å². The summed E-state index contributed by atoms with van der Waals surface area (Å²) in [6, 6.07) is 0.302. The lowest BCUT2D eigenvalue weighted by Crippen LogP contribution is -2.48. The maximum Gasteiger partial charge on any atom is 0.0231 e. The Morgan fingerprint density at radius 1 is 1.12 bits per heavy atom. The average molecular weight is 233 g/mol. The van der Waals surface area contributed by atoms with Crippen LogP contribution in [0.4, 0.5) is 0 Å². The molecule has 0 spiro atoms. The van der Waals surface area contributed by atoms with E-state index in [1.807, 2.05) is 0 Å². The minimum Gasteiger partial charge on any atom is -0.324 e. The van der Waals surface area contributed by atoms with Crippen LogP contribution in [0.25, 0.3) is 0 Å². The molecule has 4 rings (SSSR count). The highest BCUT2D eigenvalue weighted by Gasteiger charge is 2.50. The standard InChI is InChI=1S/C16H27N/c1-11(2)3-15(17)10-16-7-12-4-13(8-16)6-14(5-12)9-16/h3,12-15H,4-10,17H2,1-2H3. The highest BCUT2D eigenvalue weighted by atomic mass is 14.7. The highest BCUT2D eigenvalue weighted by Crippen LogP contribution is 2.61. The second kappa shape index (κ2) is 4.12. The fourth-order valence-corrected chi connectivity index (χ4v) is 5.53. The predicted octanol–water partition coefficient (Wildman–Crippen LogP) is 3.89. The van der Waals surface area contributed by atoms with Gasteiger partial charge in [0.15, 0.2) is 0 Å². The number of rotatable bonds is 3. The summed E-state index contributed by atoms with van der Waals surface area (Å²) in [5.41, 5.74) is 8.34. The van der Waals surface area contributed by atoms with E-state index in [1.54, 1.807) is 0 Å². The third kappa shape index (κ3) is 2.31. The Morgan fingerprint density at radius 3 is 2.00 bits per heavy atom. The van der Waals surface area contributed by atoms with Crippen LogP contribution in [0.2, 0.25) is 0 Å². The molecule has 0 saturated heterocycles. The van der Waals surface area contributed by atoms with Crippen molar-refractivity contribution in [2.75, 3.05) is 0 Å². The molecule has 1 atom stereocenters. The van der Waals surface area contributed by atoms with Gasteiger partial charge in [-0.2, -0.15) is 0 Å². The van der Waals surface area contributed by atoms with Crippen molar-refractivity contribution in [1.82, 2.24) is 0 Å². The zero-order valence-corrected chi connectivity index (χ0v) is 11.4. The normalized spacial score (nSPS) is 44.8. The minimum atomic E-state index is 0.302. The van der Waals surface area contributed by atoms with Crippen molar-refractivity contribution in [2.24, 2.45) is 28.9 Å². The van der Waals surface area contributed by atoms with Crippen LogP contribution in [0.15, 0.2) is 11.6 Å². The van der Waals surface area contributed by atoms with E-state index in [1.165, 1.54) is 50.5 Å². The van der Waals surface area contributed by atoms with Crippen LogP contribution in [0.5, 0.6) is 0 Å². The van der Waals surface area contributed by atoms with Gasteiger partial charge in [0, 0.05) is 6.04 Å². The van der Waals surface area contributed by atoms with Gasteiger partial charge in [-0.25, -0.2) is 0 Å². The molecule has 2 N–H and O–H groups in total. The summed E-state index contributed by atoms with van der Waals surface area (Å²) in [6.45, 7) is 4.33. The van der Waals surface area contributed by atoms with Crippen molar-refractivity contribution >= 4 is 0 Å². The lowest BCUT2D eigenvalue weighted by molar-refractivity contribution is -0.0585. The number of hydrogen-bond donors (Lipinski definition) is 1. The SMILES string of the molecule is CC(C)=CC(N)CC12CC3CC(CC(C3)C1)C2. The molecule has 0 aliphatic heterocycles. The molecule has 4 fully saturated rings. The zero-order valence-electron chi connectivity index (χ0n) is 11.4. The molecular formula is C16H27N. The van der Waals surface area contributed by atoms with Crippen LogP contribution in [-0.2, 0) is 0 Å². The summed E-state index contributed by atoms with van der Waals surface area (Å²) in [4.78, 5) is 0. The lowest BCUT2D eigenvalue weighted by Gasteiger charge is -2.57. The number of hydrogen-bond acceptors (Lipinski definition) is 1. The van der Waals surface area contributed by atoms with Gasteiger partial charge in [0.25, 0.3) is 0 Å². The molecule has 1 nitrogen and oxygen atoms in total. The summed E-state index contributed by atoms with van der Waals surface area (Å²) in [5, 5.41) is 0. The van der Waals surface area contributed by atoms with Crippen LogP contribution in [0.3, 0.4) is 0 Å². The van der Waals surface area contributed by atoms with Gasteiger partial charge in [0.1, 0.15) is 0 Å². The van der Waals surface area contributed by atoms with Gasteiger partial charge < -0.3 is 5.73 Å². The fraction of sp³-hybridized carbons (Fsp3) is 0.875. The summed E-state index contributed by atoms with van der Waals surface area (Å²) >= 11 is 0. The number of allylic oxidation sites excluding steroid dienone is 1. The molecule has 0 radical (unpaired) electrons. The lowest BCUT2D eigenvalue weighted by atomic mass is 9.48. The second-order valence-electron chi connectivity index (χ2n) is 7.53. The molecule has 0 aromatic carbocycles. The third-order valence-electron chi connectivity index (χ3n) is 5.38. The van der Waals surface area contributed by atoms with E-state index < -0.39 is 0 Å². The van der Waals surface area contributed by atoms with Crippen molar-refractivity contribution in [3.8, 4) is 0 Å². The largest absolute Gasteiger partial charge is 0.324 e. The van der Waals surface area contributed by atoms with Gasteiger partial charge in [-0.1, -0.05) is 11.6 Å². The Morgan fingerprint density at radius 2 is 1.59 bits per heavy atom. The first kappa shape index (κ1) is 11.8. The van der Waals surface area contributed by atoms with Gasteiger partial charge in [0.05, 0.1) is 0 Å². The van der Waals surface area contributed by atoms with Crippen molar-refractivity contribution in [1.29, 1.82) is 0 Å². The number of nitrogens with two attached hydrogens (primary N) is 1. The maximum absolute atomic E-state index is 6.32. The Balaban J connectivity index is 1.72. The molecule has 4 aliphatic carbocycles. The molecule has 4 saturated carbocycles. The Labute approximate surface area is 106 Å². The molecule has 0 aromatic heterocycles. The van der Waals surface area contributed by atoms with Gasteiger partial charge in [0.2, 0.25) is 0 Å². The zero-order chi connectivity index (χ0) is 12.0. The quantitative estimate of drug-likeness (QED) is 0.735. The van der Waals surface area contributed by atoms with Gasteiger partial charge >= 0.3 is 0 Å². The van der Waals surface area contributed by atoms with E-state index in [-0.39, 0.29) is 0 Å². The van der Waals surface area contributed by atoms with E-state index in [2.05, 4.69) is 19.9 Å². The van der Waals surface area contributed by atoms with E-state index >= 15 is 0 Å².